The number of carbonyl (C=O) groups excluding carboxylic acids is 2. The second-order valence-corrected chi connectivity index (χ2v) is 12.5. The van der Waals surface area contributed by atoms with Gasteiger partial charge in [-0.2, -0.15) is 0 Å². The average molecular weight is 507 g/mol. The van der Waals surface area contributed by atoms with Crippen molar-refractivity contribution < 1.29 is 27.9 Å². The van der Waals surface area contributed by atoms with Gasteiger partial charge in [-0.25, -0.2) is 8.42 Å². The van der Waals surface area contributed by atoms with Crippen molar-refractivity contribution in [3.8, 4) is 5.75 Å². The number of hydrogen-bond donors (Lipinski definition) is 3. The van der Waals surface area contributed by atoms with E-state index in [1.54, 1.807) is 24.3 Å². The van der Waals surface area contributed by atoms with E-state index in [0.29, 0.717) is 34.2 Å². The van der Waals surface area contributed by atoms with Crippen LogP contribution in [0.2, 0.25) is 0 Å². The summed E-state index contributed by atoms with van der Waals surface area (Å²) in [5.74, 6) is 0.858. The highest BCUT2D eigenvalue weighted by Crippen LogP contribution is 2.39. The highest BCUT2D eigenvalue weighted by Gasteiger charge is 2.32. The summed E-state index contributed by atoms with van der Waals surface area (Å²) >= 11 is 1.53. The zero-order valence-corrected chi connectivity index (χ0v) is 20.7. The smallest absolute Gasteiger partial charge is 0.254 e. The third kappa shape index (κ3) is 5.97. The van der Waals surface area contributed by atoms with Gasteiger partial charge in [-0.1, -0.05) is 19.1 Å². The minimum atomic E-state index is -3.09. The van der Waals surface area contributed by atoms with Crippen LogP contribution in [0.5, 0.6) is 5.75 Å². The molecule has 1 amide bonds. The molecule has 8 nitrogen and oxygen atoms in total. The number of anilines is 1. The summed E-state index contributed by atoms with van der Waals surface area (Å²) in [7, 11) is -3.09. The Bertz CT molecular complexity index is 1160. The van der Waals surface area contributed by atoms with Crippen LogP contribution in [-0.2, 0) is 22.7 Å². The van der Waals surface area contributed by atoms with Crippen LogP contribution in [0.4, 0.5) is 5.00 Å². The van der Waals surface area contributed by atoms with Crippen LogP contribution in [0.1, 0.15) is 50.9 Å². The normalized spacial score (nSPS) is 21.9. The quantitative estimate of drug-likeness (QED) is 0.447. The highest BCUT2D eigenvalue weighted by atomic mass is 32.2. The number of rotatable bonds is 9. The fourth-order valence-electron chi connectivity index (χ4n) is 4.42. The Morgan fingerprint density at radius 1 is 1.35 bits per heavy atom. The molecular formula is C24H30N2O6S2. The van der Waals surface area contributed by atoms with Crippen molar-refractivity contribution in [1.29, 1.82) is 0 Å². The Labute approximate surface area is 203 Å². The molecule has 2 heterocycles. The van der Waals surface area contributed by atoms with Gasteiger partial charge in [0.25, 0.3) is 5.91 Å². The summed E-state index contributed by atoms with van der Waals surface area (Å²) in [6.45, 7) is 2.40. The molecule has 3 unspecified atom stereocenters. The maximum Gasteiger partial charge on any atom is 0.254 e. The van der Waals surface area contributed by atoms with E-state index in [0.717, 1.165) is 31.1 Å². The molecule has 4 rings (SSSR count). The van der Waals surface area contributed by atoms with Crippen molar-refractivity contribution in [2.75, 3.05) is 30.0 Å². The van der Waals surface area contributed by atoms with Crippen molar-refractivity contribution in [1.82, 2.24) is 5.32 Å². The van der Waals surface area contributed by atoms with Gasteiger partial charge in [0.15, 0.2) is 9.84 Å². The van der Waals surface area contributed by atoms with Crippen LogP contribution in [0.15, 0.2) is 24.3 Å². The van der Waals surface area contributed by atoms with E-state index in [1.807, 2.05) is 0 Å². The first-order chi connectivity index (χ1) is 16.2. The molecule has 2 aromatic rings. The number of thiophene rings is 1. The lowest BCUT2D eigenvalue weighted by molar-refractivity contribution is 0.0940. The number of ether oxygens (including phenoxy) is 1. The molecule has 34 heavy (non-hydrogen) atoms. The number of benzene rings is 1. The Morgan fingerprint density at radius 3 is 2.91 bits per heavy atom. The summed E-state index contributed by atoms with van der Waals surface area (Å²) in [5.41, 5.74) is 2.09. The van der Waals surface area contributed by atoms with E-state index in [1.165, 1.54) is 16.2 Å². The zero-order valence-electron chi connectivity index (χ0n) is 19.1. The molecular weight excluding hydrogens is 476 g/mol. The molecule has 2 aliphatic rings. The van der Waals surface area contributed by atoms with Crippen molar-refractivity contribution in [2.45, 2.75) is 44.8 Å². The molecule has 3 N–H and O–H groups in total. The number of carbonyl (C=O) groups is 2. The van der Waals surface area contributed by atoms with E-state index in [2.05, 4.69) is 17.6 Å². The van der Waals surface area contributed by atoms with E-state index < -0.39 is 15.9 Å². The predicted octanol–water partition coefficient (Wildman–Crippen LogP) is 2.45. The van der Waals surface area contributed by atoms with Gasteiger partial charge in [-0.3, -0.25) is 9.59 Å². The lowest BCUT2D eigenvalue weighted by atomic mass is 9.88. The average Bonchev–Trinajstić information content (AvgIpc) is 3.34. The number of aldehydes is 1. The fraction of sp³-hybridized carbons (Fsp3) is 0.500. The maximum atomic E-state index is 13.2. The van der Waals surface area contributed by atoms with Gasteiger partial charge >= 0.3 is 0 Å². The summed E-state index contributed by atoms with van der Waals surface area (Å²) < 4.78 is 29.2. The minimum absolute atomic E-state index is 0.0216. The third-order valence-corrected chi connectivity index (χ3v) is 9.22. The lowest BCUT2D eigenvalue weighted by Crippen LogP contribution is -2.36. The minimum Gasteiger partial charge on any atom is -0.491 e. The Morgan fingerprint density at radius 2 is 2.18 bits per heavy atom. The molecule has 3 atom stereocenters. The molecule has 10 heteroatoms. The molecule has 1 aliphatic heterocycles. The highest BCUT2D eigenvalue weighted by molar-refractivity contribution is 7.91. The van der Waals surface area contributed by atoms with E-state index in [9.17, 15) is 23.1 Å². The lowest BCUT2D eigenvalue weighted by Gasteiger charge is -2.19. The first-order valence-corrected chi connectivity index (χ1v) is 14.1. The molecule has 0 radical (unpaired) electrons. The van der Waals surface area contributed by atoms with Crippen LogP contribution in [-0.4, -0.2) is 62.5 Å². The monoisotopic (exact) mass is 506 g/mol. The number of nitrogens with one attached hydrogen (secondary N) is 2. The summed E-state index contributed by atoms with van der Waals surface area (Å²) in [4.78, 5) is 25.3. The van der Waals surface area contributed by atoms with E-state index in [-0.39, 0.29) is 36.6 Å². The number of fused-ring (bicyclic) bond motifs is 1. The molecule has 1 saturated heterocycles. The van der Waals surface area contributed by atoms with E-state index in [4.69, 9.17) is 4.74 Å². The fourth-order valence-corrected chi connectivity index (χ4v) is 7.51. The summed E-state index contributed by atoms with van der Waals surface area (Å²) in [6.07, 6.45) is 3.03. The number of hydrogen-bond acceptors (Lipinski definition) is 8. The summed E-state index contributed by atoms with van der Waals surface area (Å²) in [6, 6.07) is 6.33. The van der Waals surface area contributed by atoms with Crippen LogP contribution in [0, 0.1) is 5.92 Å². The van der Waals surface area contributed by atoms with Crippen LogP contribution >= 0.6 is 11.3 Å². The van der Waals surface area contributed by atoms with Crippen LogP contribution < -0.4 is 15.4 Å². The molecule has 184 valence electrons. The van der Waals surface area contributed by atoms with Crippen molar-refractivity contribution >= 4 is 38.4 Å². The van der Waals surface area contributed by atoms with Crippen molar-refractivity contribution in [3.63, 3.8) is 0 Å². The molecule has 0 saturated carbocycles. The standard InChI is InChI=1S/C24H30N2O6S2/c1-15-5-6-20-21(9-15)33-24(22(20)23(29)26-17-7-8-34(30,31)14-17)25-11-18(28)13-32-19-4-2-3-16(10-19)12-27/h2-4,10,12,15,17-18,25,28H,5-9,11,13-14H2,1H3,(H,26,29). The van der Waals surface area contributed by atoms with Gasteiger partial charge in [-0.05, 0) is 49.3 Å². The third-order valence-electron chi connectivity index (χ3n) is 6.24. The van der Waals surface area contributed by atoms with Crippen LogP contribution in [0.25, 0.3) is 0 Å². The number of aliphatic hydroxyl groups excluding tert-OH is 1. The topological polar surface area (TPSA) is 122 Å². The SMILES string of the molecule is CC1CCc2c(sc(NCC(O)COc3cccc(C=O)c3)c2C(=O)NC2CCS(=O)(=O)C2)C1. The van der Waals surface area contributed by atoms with Crippen LogP contribution in [0.3, 0.4) is 0 Å². The van der Waals surface area contributed by atoms with Gasteiger partial charge < -0.3 is 20.5 Å². The number of sulfone groups is 1. The molecule has 1 aliphatic carbocycles. The second kappa shape index (κ2) is 10.5. The zero-order chi connectivity index (χ0) is 24.3. The number of aliphatic hydroxyl groups is 1. The van der Waals surface area contributed by atoms with Crippen molar-refractivity contribution in [2.24, 2.45) is 5.92 Å². The van der Waals surface area contributed by atoms with Gasteiger partial charge in [0, 0.05) is 23.0 Å². The maximum absolute atomic E-state index is 13.2. The van der Waals surface area contributed by atoms with Gasteiger partial charge in [0.2, 0.25) is 0 Å². The molecule has 1 aromatic carbocycles. The Kier molecular flexibility index (Phi) is 7.59. The molecule has 1 aromatic heterocycles. The largest absolute Gasteiger partial charge is 0.491 e. The molecule has 1 fully saturated rings. The van der Waals surface area contributed by atoms with Gasteiger partial charge in [0.1, 0.15) is 29.7 Å². The Hall–Kier alpha value is -2.43. The predicted molar refractivity (Wildman–Crippen MR) is 132 cm³/mol. The van der Waals surface area contributed by atoms with Gasteiger partial charge in [-0.15, -0.1) is 11.3 Å². The second-order valence-electron chi connectivity index (χ2n) is 9.17. The van der Waals surface area contributed by atoms with E-state index >= 15 is 0 Å². The summed E-state index contributed by atoms with van der Waals surface area (Å²) in [5, 5.41) is 17.3. The molecule has 0 bridgehead atoms. The Balaban J connectivity index is 1.43. The van der Waals surface area contributed by atoms with Gasteiger partial charge in [0.05, 0.1) is 17.1 Å². The van der Waals surface area contributed by atoms with Crippen molar-refractivity contribution in [3.05, 3.63) is 45.8 Å². The first-order valence-electron chi connectivity index (χ1n) is 11.5. The number of amides is 1. The molecule has 0 spiro atoms. The first kappa shape index (κ1) is 24.7.